The molecule has 0 spiro atoms. The minimum absolute atomic E-state index is 0.495. The van der Waals surface area contributed by atoms with Gasteiger partial charge in [0.1, 0.15) is 5.75 Å². The Morgan fingerprint density at radius 3 is 2.64 bits per heavy atom. The smallest absolute Gasteiger partial charge is 0.488 e. The van der Waals surface area contributed by atoms with Crippen LogP contribution in [0.3, 0.4) is 0 Å². The maximum Gasteiger partial charge on any atom is 0.488 e. The second-order valence-corrected chi connectivity index (χ2v) is 3.74. The van der Waals surface area contributed by atoms with E-state index in [4.69, 9.17) is 14.8 Å². The van der Waals surface area contributed by atoms with Crippen molar-refractivity contribution in [3.8, 4) is 5.75 Å². The molecule has 0 heterocycles. The fraction of sp³-hybridized carbons (Fsp3) is 0.333. The van der Waals surface area contributed by atoms with Gasteiger partial charge < -0.3 is 14.8 Å². The van der Waals surface area contributed by atoms with E-state index in [-0.39, 0.29) is 0 Å². The summed E-state index contributed by atoms with van der Waals surface area (Å²) in [4.78, 5) is 0. The molecule has 0 unspecified atom stereocenters. The van der Waals surface area contributed by atoms with Gasteiger partial charge in [0.05, 0.1) is 7.11 Å². The van der Waals surface area contributed by atoms with Crippen LogP contribution in [0.4, 0.5) is 0 Å². The lowest BCUT2D eigenvalue weighted by atomic mass is 9.79. The molecule has 0 saturated carbocycles. The van der Waals surface area contributed by atoms with Crippen LogP contribution < -0.4 is 10.2 Å². The predicted octanol–water partition coefficient (Wildman–Crippen LogP) is 0.238. The molecule has 0 bridgehead atoms. The number of ether oxygens (including phenoxy) is 1. The molecule has 0 radical (unpaired) electrons. The van der Waals surface area contributed by atoms with Gasteiger partial charge in [-0.15, -0.1) is 0 Å². The van der Waals surface area contributed by atoms with Crippen molar-refractivity contribution in [3.05, 3.63) is 23.8 Å². The molecule has 1 rings (SSSR count). The molecule has 0 saturated heterocycles. The number of benzene rings is 1. The second-order valence-electron chi connectivity index (χ2n) is 2.88. The van der Waals surface area contributed by atoms with Crippen LogP contribution >= 0.6 is 11.8 Å². The Balaban J connectivity index is 3.01. The van der Waals surface area contributed by atoms with E-state index in [9.17, 15) is 0 Å². The number of rotatable bonds is 4. The lowest BCUT2D eigenvalue weighted by Gasteiger charge is -2.09. The van der Waals surface area contributed by atoms with Gasteiger partial charge in [0.2, 0.25) is 0 Å². The highest BCUT2D eigenvalue weighted by Crippen LogP contribution is 2.20. The first-order valence-corrected chi connectivity index (χ1v) is 5.60. The highest BCUT2D eigenvalue weighted by molar-refractivity contribution is 7.97. The molecular weight excluding hydrogens is 199 g/mol. The highest BCUT2D eigenvalue weighted by atomic mass is 32.2. The zero-order valence-electron chi connectivity index (χ0n) is 8.23. The molecule has 1 aromatic rings. The number of thioether (sulfide) groups is 1. The maximum absolute atomic E-state index is 8.99. The first-order chi connectivity index (χ1) is 6.69. The van der Waals surface area contributed by atoms with Crippen molar-refractivity contribution < 1.29 is 14.8 Å². The molecule has 2 N–H and O–H groups in total. The quantitative estimate of drug-likeness (QED) is 0.702. The van der Waals surface area contributed by atoms with Crippen molar-refractivity contribution >= 4 is 24.3 Å². The molecule has 0 fully saturated rings. The molecule has 0 aliphatic carbocycles. The molecule has 0 amide bonds. The molecular formula is C9H13BO3S. The first kappa shape index (κ1) is 11.4. The van der Waals surface area contributed by atoms with Crippen molar-refractivity contribution in [3.63, 3.8) is 0 Å². The topological polar surface area (TPSA) is 49.7 Å². The summed E-state index contributed by atoms with van der Waals surface area (Å²) in [5.74, 6) is 1.58. The largest absolute Gasteiger partial charge is 0.496 e. The molecule has 0 aliphatic heterocycles. The molecule has 14 heavy (non-hydrogen) atoms. The van der Waals surface area contributed by atoms with Crippen molar-refractivity contribution in [2.45, 2.75) is 5.75 Å². The third-order valence-corrected chi connectivity index (χ3v) is 2.50. The van der Waals surface area contributed by atoms with Crippen LogP contribution in [0.1, 0.15) is 5.56 Å². The van der Waals surface area contributed by atoms with E-state index in [0.29, 0.717) is 5.46 Å². The monoisotopic (exact) mass is 212 g/mol. The lowest BCUT2D eigenvalue weighted by molar-refractivity contribution is 0.410. The van der Waals surface area contributed by atoms with E-state index < -0.39 is 7.12 Å². The van der Waals surface area contributed by atoms with Crippen molar-refractivity contribution in [1.82, 2.24) is 0 Å². The Kier molecular flexibility index (Phi) is 4.32. The average Bonchev–Trinajstić information content (AvgIpc) is 2.18. The van der Waals surface area contributed by atoms with Gasteiger partial charge in [0, 0.05) is 11.3 Å². The maximum atomic E-state index is 8.99. The van der Waals surface area contributed by atoms with Crippen LogP contribution in [-0.2, 0) is 5.75 Å². The fourth-order valence-electron chi connectivity index (χ4n) is 1.23. The molecule has 0 atom stereocenters. The van der Waals surface area contributed by atoms with Crippen LogP contribution in [0.5, 0.6) is 5.75 Å². The molecule has 0 aromatic heterocycles. The Hall–Kier alpha value is -0.645. The summed E-state index contributed by atoms with van der Waals surface area (Å²) in [6.45, 7) is 0. The van der Waals surface area contributed by atoms with E-state index in [1.165, 1.54) is 0 Å². The Morgan fingerprint density at radius 2 is 2.14 bits per heavy atom. The summed E-state index contributed by atoms with van der Waals surface area (Å²) in [6, 6.07) is 5.15. The van der Waals surface area contributed by atoms with E-state index in [2.05, 4.69) is 0 Å². The van der Waals surface area contributed by atoms with Gasteiger partial charge in [-0.25, -0.2) is 0 Å². The van der Waals surface area contributed by atoms with Gasteiger partial charge >= 0.3 is 7.12 Å². The minimum atomic E-state index is -1.42. The summed E-state index contributed by atoms with van der Waals surface area (Å²) in [5, 5.41) is 18.0. The number of hydrogen-bond acceptors (Lipinski definition) is 4. The predicted molar refractivity (Wildman–Crippen MR) is 60.0 cm³/mol. The van der Waals surface area contributed by atoms with Gasteiger partial charge in [-0.1, -0.05) is 12.1 Å². The molecule has 3 nitrogen and oxygen atoms in total. The van der Waals surface area contributed by atoms with Gasteiger partial charge in [0.15, 0.2) is 0 Å². The Morgan fingerprint density at radius 1 is 1.43 bits per heavy atom. The summed E-state index contributed by atoms with van der Waals surface area (Å²) in [6.07, 6.45) is 1.99. The van der Waals surface area contributed by atoms with Crippen molar-refractivity contribution in [2.75, 3.05) is 13.4 Å². The lowest BCUT2D eigenvalue weighted by Crippen LogP contribution is -2.29. The Labute approximate surface area is 88.2 Å². The summed E-state index contributed by atoms with van der Waals surface area (Å²) in [5.41, 5.74) is 1.47. The number of methoxy groups -OCH3 is 1. The van der Waals surface area contributed by atoms with E-state index >= 15 is 0 Å². The van der Waals surface area contributed by atoms with Gasteiger partial charge in [-0.05, 0) is 17.8 Å². The van der Waals surface area contributed by atoms with Crippen molar-refractivity contribution in [2.24, 2.45) is 0 Å². The van der Waals surface area contributed by atoms with Crippen LogP contribution in [0.2, 0.25) is 0 Å². The van der Waals surface area contributed by atoms with Crippen molar-refractivity contribution in [1.29, 1.82) is 0 Å². The van der Waals surface area contributed by atoms with Crippen LogP contribution in [0.25, 0.3) is 0 Å². The van der Waals surface area contributed by atoms with Gasteiger partial charge in [-0.3, -0.25) is 0 Å². The highest BCUT2D eigenvalue weighted by Gasteiger charge is 2.13. The summed E-state index contributed by atoms with van der Waals surface area (Å²) < 4.78 is 5.16. The summed E-state index contributed by atoms with van der Waals surface area (Å²) in [7, 11) is 0.190. The molecule has 76 valence electrons. The average molecular weight is 212 g/mol. The van der Waals surface area contributed by atoms with E-state index in [1.807, 2.05) is 6.26 Å². The van der Waals surface area contributed by atoms with E-state index in [1.54, 1.807) is 37.1 Å². The molecule has 5 heteroatoms. The van der Waals surface area contributed by atoms with Crippen LogP contribution in [0, 0.1) is 0 Å². The van der Waals surface area contributed by atoms with Crippen LogP contribution in [0.15, 0.2) is 18.2 Å². The fourth-order valence-corrected chi connectivity index (χ4v) is 1.76. The van der Waals surface area contributed by atoms with Gasteiger partial charge in [-0.2, -0.15) is 11.8 Å². The zero-order chi connectivity index (χ0) is 10.6. The number of hydrogen-bond donors (Lipinski definition) is 2. The minimum Gasteiger partial charge on any atom is -0.496 e. The molecule has 1 aromatic carbocycles. The summed E-state index contributed by atoms with van der Waals surface area (Å²) >= 11 is 1.66. The Bertz CT molecular complexity index is 304. The van der Waals surface area contributed by atoms with E-state index in [0.717, 1.165) is 17.1 Å². The molecule has 0 aliphatic rings. The SMILES string of the molecule is COc1ccc(B(O)O)cc1CSC. The van der Waals surface area contributed by atoms with Crippen LogP contribution in [-0.4, -0.2) is 30.5 Å². The van der Waals surface area contributed by atoms with Gasteiger partial charge in [0.25, 0.3) is 0 Å². The second kappa shape index (κ2) is 5.29. The third kappa shape index (κ3) is 2.67. The standard InChI is InChI=1S/C9H13BO3S/c1-13-9-4-3-8(10(11)12)5-7(9)6-14-2/h3-5,11-12H,6H2,1-2H3. The zero-order valence-corrected chi connectivity index (χ0v) is 9.04. The third-order valence-electron chi connectivity index (χ3n) is 1.90. The first-order valence-electron chi connectivity index (χ1n) is 4.21. The normalized spacial score (nSPS) is 10.0.